The number of hydrogen-bond acceptors (Lipinski definition) is 9. The molecule has 3 heterocycles. The number of methoxy groups -OCH3 is 1. The van der Waals surface area contributed by atoms with Crippen LogP contribution in [-0.4, -0.2) is 64.8 Å². The molecule has 2 aliphatic heterocycles. The molecule has 0 bridgehead atoms. The molecule has 43 heavy (non-hydrogen) atoms. The van der Waals surface area contributed by atoms with Crippen LogP contribution in [0.25, 0.3) is 0 Å². The van der Waals surface area contributed by atoms with Crippen molar-refractivity contribution in [2.24, 2.45) is 0 Å². The minimum Gasteiger partial charge on any atom is -0.466 e. The van der Waals surface area contributed by atoms with E-state index in [4.69, 9.17) is 14.2 Å². The Labute approximate surface area is 244 Å². The van der Waals surface area contributed by atoms with Gasteiger partial charge in [-0.15, -0.1) is 0 Å². The van der Waals surface area contributed by atoms with E-state index in [2.05, 4.69) is 9.84 Å². The van der Waals surface area contributed by atoms with Crippen LogP contribution in [0.15, 0.2) is 59.5 Å². The number of rotatable bonds is 8. The zero-order valence-corrected chi connectivity index (χ0v) is 23.6. The van der Waals surface area contributed by atoms with Crippen molar-refractivity contribution >= 4 is 18.0 Å². The van der Waals surface area contributed by atoms with Gasteiger partial charge in [-0.05, 0) is 62.1 Å². The molecule has 0 spiro atoms. The van der Waals surface area contributed by atoms with E-state index in [1.54, 1.807) is 29.2 Å². The van der Waals surface area contributed by atoms with Crippen molar-refractivity contribution in [1.29, 1.82) is 0 Å². The van der Waals surface area contributed by atoms with Crippen LogP contribution < -0.4 is 10.2 Å². The number of amides is 1. The first-order valence-corrected chi connectivity index (χ1v) is 13.5. The van der Waals surface area contributed by atoms with Crippen LogP contribution in [0.5, 0.6) is 5.75 Å². The number of nitrogens with zero attached hydrogens (tertiary/aromatic N) is 3. The summed E-state index contributed by atoms with van der Waals surface area (Å²) in [6.07, 6.45) is 1.04. The zero-order chi connectivity index (χ0) is 30.9. The van der Waals surface area contributed by atoms with Crippen LogP contribution in [0.1, 0.15) is 60.3 Å². The Kier molecular flexibility index (Phi) is 8.16. The van der Waals surface area contributed by atoms with Gasteiger partial charge in [0.25, 0.3) is 5.91 Å². The Balaban J connectivity index is 1.53. The Morgan fingerprint density at radius 2 is 1.63 bits per heavy atom. The summed E-state index contributed by atoms with van der Waals surface area (Å²) in [5, 5.41) is 4.34. The van der Waals surface area contributed by atoms with Gasteiger partial charge >= 0.3 is 12.1 Å². The lowest BCUT2D eigenvalue weighted by atomic mass is 9.80. The largest absolute Gasteiger partial charge is 0.512 e. The van der Waals surface area contributed by atoms with Gasteiger partial charge in [-0.2, -0.15) is 5.10 Å². The molecular formula is C30H29F2N3O8. The summed E-state index contributed by atoms with van der Waals surface area (Å²) in [5.41, 5.74) is -1.16. The van der Waals surface area contributed by atoms with Crippen LogP contribution in [0, 0.1) is 11.6 Å². The summed E-state index contributed by atoms with van der Waals surface area (Å²) in [6.45, 7) is 2.20. The topological polar surface area (TPSA) is 126 Å². The summed E-state index contributed by atoms with van der Waals surface area (Å²) >= 11 is 0. The molecule has 1 fully saturated rings. The first kappa shape index (κ1) is 29.7. The average molecular weight is 598 g/mol. The molecule has 3 aromatic rings. The van der Waals surface area contributed by atoms with Crippen molar-refractivity contribution in [1.82, 2.24) is 14.7 Å². The molecule has 2 aromatic carbocycles. The number of halogens is 2. The van der Waals surface area contributed by atoms with Gasteiger partial charge in [0.1, 0.15) is 11.6 Å². The number of esters is 1. The predicted molar refractivity (Wildman–Crippen MR) is 145 cm³/mol. The minimum atomic E-state index is -1.65. The highest BCUT2D eigenvalue weighted by Crippen LogP contribution is 2.45. The van der Waals surface area contributed by atoms with E-state index in [-0.39, 0.29) is 11.7 Å². The van der Waals surface area contributed by atoms with E-state index < -0.39 is 65.2 Å². The van der Waals surface area contributed by atoms with Gasteiger partial charge in [0.2, 0.25) is 23.6 Å². The summed E-state index contributed by atoms with van der Waals surface area (Å²) in [4.78, 5) is 52.4. The summed E-state index contributed by atoms with van der Waals surface area (Å²) < 4.78 is 49.3. The first-order valence-electron chi connectivity index (χ1n) is 13.5. The van der Waals surface area contributed by atoms with E-state index in [0.29, 0.717) is 30.5 Å². The van der Waals surface area contributed by atoms with E-state index in [9.17, 15) is 28.0 Å². The molecular weight excluding hydrogens is 568 g/mol. The van der Waals surface area contributed by atoms with Crippen LogP contribution in [-0.2, 0) is 19.0 Å². The van der Waals surface area contributed by atoms with Crippen molar-refractivity contribution in [2.45, 2.75) is 50.3 Å². The standard InChI is InChI=1S/C30H29F2N3O8/c1-30(2,28(38)40-3)43-29(39)42-16-41-26-22(36)15-33-35-24(21-5-4-14-34(21)27(37)25(26)35)23(17-6-10-19(31)11-7-17)18-8-12-20(32)13-9-18/h6-13,15,21,23-24H,4-5,14,16H2,1-3H3/t21-,24-/m1/s1. The van der Waals surface area contributed by atoms with Crippen molar-refractivity contribution in [3.8, 4) is 5.75 Å². The van der Waals surface area contributed by atoms with E-state index in [0.717, 1.165) is 13.3 Å². The number of benzene rings is 2. The summed E-state index contributed by atoms with van der Waals surface area (Å²) in [6, 6.07) is 10.8. The molecule has 2 atom stereocenters. The molecule has 1 saturated heterocycles. The maximum absolute atomic E-state index is 13.9. The van der Waals surface area contributed by atoms with Gasteiger partial charge in [0.05, 0.1) is 25.4 Å². The Morgan fingerprint density at radius 3 is 2.21 bits per heavy atom. The minimum absolute atomic E-state index is 0.156. The SMILES string of the molecule is COC(=O)C(C)(C)OC(=O)OCOc1c2n(ncc1=O)[C@@H](C(c1ccc(F)cc1)c1ccc(F)cc1)[C@H]1CCCN1C2=O. The zero-order valence-electron chi connectivity index (χ0n) is 23.6. The van der Waals surface area contributed by atoms with Gasteiger partial charge in [-0.1, -0.05) is 24.3 Å². The molecule has 1 amide bonds. The molecule has 2 aliphatic rings. The van der Waals surface area contributed by atoms with Gasteiger partial charge in [-0.3, -0.25) is 14.3 Å². The predicted octanol–water partition coefficient (Wildman–Crippen LogP) is 3.95. The number of carbonyl (C=O) groups excluding carboxylic acids is 3. The molecule has 11 nitrogen and oxygen atoms in total. The van der Waals surface area contributed by atoms with Crippen LogP contribution >= 0.6 is 0 Å². The number of fused-ring (bicyclic) bond motifs is 2. The van der Waals surface area contributed by atoms with Crippen LogP contribution in [0.2, 0.25) is 0 Å². The quantitative estimate of drug-likeness (QED) is 0.280. The van der Waals surface area contributed by atoms with Crippen molar-refractivity contribution < 1.29 is 42.1 Å². The lowest BCUT2D eigenvalue weighted by Crippen LogP contribution is -2.51. The Hall–Kier alpha value is -4.81. The fourth-order valence-corrected chi connectivity index (χ4v) is 5.66. The molecule has 0 saturated carbocycles. The highest BCUT2D eigenvalue weighted by Gasteiger charge is 2.48. The fraction of sp³-hybridized carbons (Fsp3) is 0.367. The van der Waals surface area contributed by atoms with Crippen LogP contribution in [0.4, 0.5) is 13.6 Å². The summed E-state index contributed by atoms with van der Waals surface area (Å²) in [7, 11) is 1.13. The first-order chi connectivity index (χ1) is 20.5. The van der Waals surface area contributed by atoms with Gasteiger partial charge in [-0.25, -0.2) is 18.4 Å². The number of carbonyl (C=O) groups is 3. The third-order valence-corrected chi connectivity index (χ3v) is 7.60. The highest BCUT2D eigenvalue weighted by atomic mass is 19.1. The Bertz CT molecular complexity index is 1540. The lowest BCUT2D eigenvalue weighted by Gasteiger charge is -2.42. The van der Waals surface area contributed by atoms with Crippen LogP contribution in [0.3, 0.4) is 0 Å². The second kappa shape index (κ2) is 11.8. The van der Waals surface area contributed by atoms with E-state index in [1.807, 2.05) is 0 Å². The van der Waals surface area contributed by atoms with E-state index >= 15 is 0 Å². The molecule has 0 radical (unpaired) electrons. The number of aromatic nitrogens is 2. The molecule has 1 aromatic heterocycles. The highest BCUT2D eigenvalue weighted by molar-refractivity contribution is 5.96. The third-order valence-electron chi connectivity index (χ3n) is 7.60. The lowest BCUT2D eigenvalue weighted by molar-refractivity contribution is -0.161. The molecule has 226 valence electrons. The number of ether oxygens (including phenoxy) is 4. The molecule has 0 aliphatic carbocycles. The third kappa shape index (κ3) is 5.79. The molecule has 5 rings (SSSR count). The van der Waals surface area contributed by atoms with Crippen molar-refractivity contribution in [2.75, 3.05) is 20.4 Å². The maximum atomic E-state index is 13.9. The van der Waals surface area contributed by atoms with Gasteiger partial charge in [0, 0.05) is 12.5 Å². The van der Waals surface area contributed by atoms with Crippen molar-refractivity contribution in [3.05, 3.63) is 93.4 Å². The molecule has 0 N–H and O–H groups in total. The second-order valence-corrected chi connectivity index (χ2v) is 10.7. The number of hydrogen-bond donors (Lipinski definition) is 0. The summed E-state index contributed by atoms with van der Waals surface area (Å²) in [5.74, 6) is -3.12. The van der Waals surface area contributed by atoms with Gasteiger partial charge < -0.3 is 23.8 Å². The Morgan fingerprint density at radius 1 is 1.02 bits per heavy atom. The van der Waals surface area contributed by atoms with Crippen molar-refractivity contribution in [3.63, 3.8) is 0 Å². The molecule has 13 heteroatoms. The monoisotopic (exact) mass is 597 g/mol. The second-order valence-electron chi connectivity index (χ2n) is 10.7. The normalized spacial score (nSPS) is 17.7. The van der Waals surface area contributed by atoms with Gasteiger partial charge in [0.15, 0.2) is 5.69 Å². The maximum Gasteiger partial charge on any atom is 0.512 e. The average Bonchev–Trinajstić information content (AvgIpc) is 3.47. The molecule has 0 unspecified atom stereocenters. The van der Waals surface area contributed by atoms with E-state index in [1.165, 1.54) is 42.8 Å². The smallest absolute Gasteiger partial charge is 0.466 e. The fourth-order valence-electron chi connectivity index (χ4n) is 5.66.